The highest BCUT2D eigenvalue weighted by molar-refractivity contribution is 6.11. The lowest BCUT2D eigenvalue weighted by atomic mass is 10.0. The van der Waals surface area contributed by atoms with Gasteiger partial charge in [0.25, 0.3) is 0 Å². The summed E-state index contributed by atoms with van der Waals surface area (Å²) in [6.45, 7) is 3.60. The third-order valence-electron chi connectivity index (χ3n) is 2.99. The summed E-state index contributed by atoms with van der Waals surface area (Å²) in [5.74, 6) is 0. The van der Waals surface area contributed by atoms with Crippen molar-refractivity contribution in [2.75, 3.05) is 0 Å². The zero-order valence-corrected chi connectivity index (χ0v) is 12.8. The Morgan fingerprint density at radius 2 is 2.18 bits per heavy atom. The first kappa shape index (κ1) is 17.1. The average molecular weight is 298 g/mol. The topological polar surface area (TPSA) is 115 Å². The lowest BCUT2D eigenvalue weighted by Gasteiger charge is -2.05. The number of aromatic amines is 1. The molecule has 0 aromatic carbocycles. The van der Waals surface area contributed by atoms with Gasteiger partial charge in [0, 0.05) is 37.9 Å². The first-order valence-corrected chi connectivity index (χ1v) is 6.85. The Labute approximate surface area is 131 Å². The number of allylic oxidation sites excluding steroid dienone is 3. The molecule has 0 spiro atoms. The Hall–Kier alpha value is -2.94. The van der Waals surface area contributed by atoms with E-state index in [2.05, 4.69) is 28.0 Å². The van der Waals surface area contributed by atoms with Gasteiger partial charge in [-0.05, 0) is 25.8 Å². The maximum Gasteiger partial charge on any atom is 0.141 e. The van der Waals surface area contributed by atoms with Crippen molar-refractivity contribution in [3.8, 4) is 6.07 Å². The summed E-state index contributed by atoms with van der Waals surface area (Å²) in [5, 5.41) is 15.4. The highest BCUT2D eigenvalue weighted by Crippen LogP contribution is 2.18. The zero-order chi connectivity index (χ0) is 16.4. The molecule has 2 aromatic heterocycles. The van der Waals surface area contributed by atoms with Crippen molar-refractivity contribution in [3.63, 3.8) is 0 Å². The molecule has 3 rings (SSSR count). The molecule has 0 bridgehead atoms. The van der Waals surface area contributed by atoms with Gasteiger partial charge in [-0.2, -0.15) is 5.26 Å². The minimum absolute atomic E-state index is 0. The molecule has 0 aliphatic heterocycles. The van der Waals surface area contributed by atoms with Crippen LogP contribution >= 0.6 is 0 Å². The first-order chi connectivity index (χ1) is 10.7. The number of aromatic nitrogens is 3. The van der Waals surface area contributed by atoms with Gasteiger partial charge in [0.2, 0.25) is 0 Å². The van der Waals surface area contributed by atoms with Crippen LogP contribution in [-0.4, -0.2) is 21.2 Å². The quantitative estimate of drug-likeness (QED) is 0.582. The molecule has 0 atom stereocenters. The van der Waals surface area contributed by atoms with Gasteiger partial charge in [-0.25, -0.2) is 9.97 Å². The molecule has 116 valence electrons. The lowest BCUT2D eigenvalue weighted by molar-refractivity contribution is 0.875. The Morgan fingerprint density at radius 1 is 1.55 bits per heavy atom. The highest BCUT2D eigenvalue weighted by atomic mass is 14.9. The van der Waals surface area contributed by atoms with Gasteiger partial charge >= 0.3 is 0 Å². The van der Waals surface area contributed by atoms with Gasteiger partial charge in [0.15, 0.2) is 0 Å². The van der Waals surface area contributed by atoms with Crippen molar-refractivity contribution in [2.45, 2.75) is 26.7 Å². The van der Waals surface area contributed by atoms with Crippen molar-refractivity contribution in [1.29, 1.82) is 10.7 Å². The van der Waals surface area contributed by atoms with Crippen LogP contribution in [0.15, 0.2) is 36.4 Å². The molecule has 0 saturated carbocycles. The van der Waals surface area contributed by atoms with Gasteiger partial charge in [0.1, 0.15) is 12.0 Å². The number of nitrogens with zero attached hydrogens (tertiary/aromatic N) is 3. The molecular weight excluding hydrogens is 276 g/mol. The van der Waals surface area contributed by atoms with Crippen molar-refractivity contribution < 1.29 is 1.43 Å². The third kappa shape index (κ3) is 4.56. The number of nitriles is 1. The molecule has 6 heteroatoms. The summed E-state index contributed by atoms with van der Waals surface area (Å²) >= 11 is 0. The third-order valence-corrected chi connectivity index (χ3v) is 2.99. The molecule has 0 saturated heterocycles. The molecular formula is C16H22N6. The second-order valence-electron chi connectivity index (χ2n) is 4.54. The molecule has 22 heavy (non-hydrogen) atoms. The standard InChI is InChI=1S/C9H9N5.C5H8.C2H3N.H2/c10-3-6(4-11)8-7-1-2-12-9(7)14-5-13-8;1-5-3-2-4-5;1-2-3;/h1-5,10H,11H2,(H,12,13,14);3H,2,4H2,1H3;1H3;1H/b6-4+,10-3?;;;. The van der Waals surface area contributed by atoms with Gasteiger partial charge in [-0.3, -0.25) is 0 Å². The van der Waals surface area contributed by atoms with Crippen LogP contribution in [0.5, 0.6) is 0 Å². The van der Waals surface area contributed by atoms with E-state index in [1.165, 1.54) is 38.5 Å². The fraction of sp³-hybridized carbons (Fsp3) is 0.250. The van der Waals surface area contributed by atoms with Crippen LogP contribution in [-0.2, 0) is 0 Å². The number of nitrogens with two attached hydrogens (primary N) is 1. The fourth-order valence-corrected chi connectivity index (χ4v) is 1.73. The van der Waals surface area contributed by atoms with Crippen LogP contribution in [0.4, 0.5) is 0 Å². The van der Waals surface area contributed by atoms with Gasteiger partial charge in [0.05, 0.1) is 11.8 Å². The lowest BCUT2D eigenvalue weighted by Crippen LogP contribution is -1.95. The van der Waals surface area contributed by atoms with Crippen molar-refractivity contribution in [1.82, 2.24) is 15.0 Å². The van der Waals surface area contributed by atoms with Gasteiger partial charge < -0.3 is 16.1 Å². The normalized spacial score (nSPS) is 12.6. The number of hydrogen-bond donors (Lipinski definition) is 3. The maximum atomic E-state index is 7.32. The molecule has 0 unspecified atom stereocenters. The number of nitrogens with one attached hydrogen (secondary N) is 2. The van der Waals surface area contributed by atoms with Crippen LogP contribution in [0.2, 0.25) is 0 Å². The van der Waals surface area contributed by atoms with Gasteiger partial charge in [-0.1, -0.05) is 11.6 Å². The molecule has 4 N–H and O–H groups in total. The van der Waals surface area contributed by atoms with E-state index in [0.29, 0.717) is 11.3 Å². The van der Waals surface area contributed by atoms with E-state index < -0.39 is 0 Å². The predicted octanol–water partition coefficient (Wildman–Crippen LogP) is 3.41. The van der Waals surface area contributed by atoms with E-state index in [1.807, 2.05) is 6.07 Å². The SMILES string of the molecule is CC#N.CC1=CCC1.N=C/C(=C\N)c1ncnc2[nH]ccc12.[HH]. The Bertz CT molecular complexity index is 723. The maximum absolute atomic E-state index is 7.32. The number of fused-ring (bicyclic) bond motifs is 1. The van der Waals surface area contributed by atoms with E-state index in [4.69, 9.17) is 16.4 Å². The Balaban J connectivity index is 0.000000450. The van der Waals surface area contributed by atoms with Crippen LogP contribution in [0.3, 0.4) is 0 Å². The van der Waals surface area contributed by atoms with E-state index in [1.54, 1.807) is 17.8 Å². The molecule has 0 amide bonds. The number of H-pyrrole nitrogens is 1. The molecule has 0 radical (unpaired) electrons. The fourth-order valence-electron chi connectivity index (χ4n) is 1.73. The highest BCUT2D eigenvalue weighted by Gasteiger charge is 2.06. The van der Waals surface area contributed by atoms with Crippen molar-refractivity contribution in [2.24, 2.45) is 5.73 Å². The molecule has 1 aliphatic carbocycles. The van der Waals surface area contributed by atoms with Gasteiger partial charge in [-0.15, -0.1) is 0 Å². The van der Waals surface area contributed by atoms with Crippen molar-refractivity contribution >= 4 is 22.8 Å². The van der Waals surface area contributed by atoms with E-state index >= 15 is 0 Å². The number of rotatable bonds is 2. The van der Waals surface area contributed by atoms with Crippen LogP contribution in [0.25, 0.3) is 16.6 Å². The van der Waals surface area contributed by atoms with Crippen LogP contribution < -0.4 is 5.73 Å². The summed E-state index contributed by atoms with van der Waals surface area (Å²) < 4.78 is 0. The van der Waals surface area contributed by atoms with E-state index in [0.717, 1.165) is 11.0 Å². The van der Waals surface area contributed by atoms with Crippen LogP contribution in [0.1, 0.15) is 33.8 Å². The van der Waals surface area contributed by atoms with Crippen LogP contribution in [0, 0.1) is 16.7 Å². The predicted molar refractivity (Wildman–Crippen MR) is 91.2 cm³/mol. The Kier molecular flexibility index (Phi) is 7.06. The summed E-state index contributed by atoms with van der Waals surface area (Å²) in [5.41, 5.74) is 8.95. The largest absolute Gasteiger partial charge is 0.404 e. The molecule has 6 nitrogen and oxygen atoms in total. The first-order valence-electron chi connectivity index (χ1n) is 6.85. The molecule has 0 fully saturated rings. The molecule has 2 heterocycles. The number of hydrogen-bond acceptors (Lipinski definition) is 5. The Morgan fingerprint density at radius 3 is 2.64 bits per heavy atom. The van der Waals surface area contributed by atoms with Crippen molar-refractivity contribution in [3.05, 3.63) is 42.1 Å². The summed E-state index contributed by atoms with van der Waals surface area (Å²) in [7, 11) is 0. The zero-order valence-electron chi connectivity index (χ0n) is 12.8. The van der Waals surface area contributed by atoms with E-state index in [9.17, 15) is 0 Å². The summed E-state index contributed by atoms with van der Waals surface area (Å²) in [6.07, 6.45) is 10.7. The second kappa shape index (κ2) is 9.08. The second-order valence-corrected chi connectivity index (χ2v) is 4.54. The molecule has 1 aliphatic rings. The summed E-state index contributed by atoms with van der Waals surface area (Å²) in [6, 6.07) is 3.61. The summed E-state index contributed by atoms with van der Waals surface area (Å²) in [4.78, 5) is 11.1. The minimum Gasteiger partial charge on any atom is -0.404 e. The average Bonchev–Trinajstić information content (AvgIpc) is 2.97. The van der Waals surface area contributed by atoms with E-state index in [-0.39, 0.29) is 1.43 Å². The minimum atomic E-state index is 0. The monoisotopic (exact) mass is 298 g/mol. The smallest absolute Gasteiger partial charge is 0.141 e. The molecule has 2 aromatic rings.